The average molecular weight is 389 g/mol. The Morgan fingerprint density at radius 1 is 1.04 bits per heavy atom. The molecule has 150 valence electrons. The molecule has 2 aliphatic rings. The molecule has 0 atom stereocenters. The molecule has 1 aromatic carbocycles. The molecule has 0 spiro atoms. The summed E-state index contributed by atoms with van der Waals surface area (Å²) in [5.74, 6) is -1.09. The molecule has 28 heavy (non-hydrogen) atoms. The molecule has 0 saturated carbocycles. The summed E-state index contributed by atoms with van der Waals surface area (Å²) >= 11 is 0. The Bertz CT molecular complexity index is 825. The van der Waals surface area contributed by atoms with Gasteiger partial charge in [0.05, 0.1) is 5.69 Å². The molecule has 0 radical (unpaired) electrons. The van der Waals surface area contributed by atoms with Crippen molar-refractivity contribution in [1.82, 2.24) is 15.0 Å². The van der Waals surface area contributed by atoms with Crippen LogP contribution in [0.1, 0.15) is 59.8 Å². The predicted molar refractivity (Wildman–Crippen MR) is 99.9 cm³/mol. The van der Waals surface area contributed by atoms with Crippen LogP contribution in [0.25, 0.3) is 0 Å². The fraction of sp³-hybridized carbons (Fsp3) is 0.524. The third-order valence-corrected chi connectivity index (χ3v) is 5.78. The minimum absolute atomic E-state index is 0.0609. The SMILES string of the molecule is O=C(c1cc(C2CCN(Cc3ccc(F)c(F)c3)CC2)no1)N1CCCCC1. The smallest absolute Gasteiger partial charge is 0.292 e. The Balaban J connectivity index is 1.32. The Labute approximate surface area is 163 Å². The van der Waals surface area contributed by atoms with Crippen molar-refractivity contribution in [2.75, 3.05) is 26.2 Å². The van der Waals surface area contributed by atoms with Crippen LogP contribution >= 0.6 is 0 Å². The summed E-state index contributed by atoms with van der Waals surface area (Å²) < 4.78 is 31.8. The Hall–Kier alpha value is -2.28. The Morgan fingerprint density at radius 2 is 1.79 bits per heavy atom. The number of amides is 1. The van der Waals surface area contributed by atoms with E-state index in [4.69, 9.17) is 4.52 Å². The molecule has 2 saturated heterocycles. The highest BCUT2D eigenvalue weighted by Crippen LogP contribution is 2.29. The zero-order valence-corrected chi connectivity index (χ0v) is 15.9. The number of halogens is 2. The Kier molecular flexibility index (Phi) is 5.71. The normalized spacial score (nSPS) is 19.1. The van der Waals surface area contributed by atoms with E-state index in [0.29, 0.717) is 12.3 Å². The predicted octanol–water partition coefficient (Wildman–Crippen LogP) is 3.96. The maximum atomic E-state index is 13.4. The lowest BCUT2D eigenvalue weighted by atomic mass is 9.93. The van der Waals surface area contributed by atoms with Gasteiger partial charge in [0.15, 0.2) is 11.6 Å². The summed E-state index contributed by atoms with van der Waals surface area (Å²) in [5, 5.41) is 4.15. The first-order chi connectivity index (χ1) is 13.6. The number of piperidine rings is 2. The van der Waals surface area contributed by atoms with Gasteiger partial charge < -0.3 is 9.42 Å². The van der Waals surface area contributed by atoms with Gasteiger partial charge >= 0.3 is 0 Å². The van der Waals surface area contributed by atoms with E-state index in [9.17, 15) is 13.6 Å². The lowest BCUT2D eigenvalue weighted by molar-refractivity contribution is 0.0682. The molecule has 0 aliphatic carbocycles. The van der Waals surface area contributed by atoms with Gasteiger partial charge in [-0.3, -0.25) is 9.69 Å². The number of carbonyl (C=O) groups excluding carboxylic acids is 1. The number of rotatable bonds is 4. The van der Waals surface area contributed by atoms with Gasteiger partial charge in [0.1, 0.15) is 0 Å². The number of hydrogen-bond donors (Lipinski definition) is 0. The molecule has 1 aromatic heterocycles. The van der Waals surface area contributed by atoms with Gasteiger partial charge in [-0.2, -0.15) is 0 Å². The van der Waals surface area contributed by atoms with Crippen LogP contribution in [0.15, 0.2) is 28.8 Å². The average Bonchev–Trinajstić information content (AvgIpc) is 3.22. The van der Waals surface area contributed by atoms with Crippen LogP contribution < -0.4 is 0 Å². The van der Waals surface area contributed by atoms with Crippen molar-refractivity contribution in [2.45, 2.75) is 44.6 Å². The second kappa shape index (κ2) is 8.39. The summed E-state index contributed by atoms with van der Waals surface area (Å²) in [4.78, 5) is 16.6. The topological polar surface area (TPSA) is 49.6 Å². The van der Waals surface area contributed by atoms with Crippen molar-refractivity contribution in [3.8, 4) is 0 Å². The monoisotopic (exact) mass is 389 g/mol. The van der Waals surface area contributed by atoms with Gasteiger partial charge in [-0.1, -0.05) is 11.2 Å². The van der Waals surface area contributed by atoms with E-state index < -0.39 is 11.6 Å². The van der Waals surface area contributed by atoms with Crippen molar-refractivity contribution in [1.29, 1.82) is 0 Å². The zero-order chi connectivity index (χ0) is 19.5. The van der Waals surface area contributed by atoms with Crippen LogP contribution in [0.5, 0.6) is 0 Å². The van der Waals surface area contributed by atoms with E-state index in [1.54, 1.807) is 12.1 Å². The zero-order valence-electron chi connectivity index (χ0n) is 15.9. The molecule has 3 heterocycles. The maximum absolute atomic E-state index is 13.4. The van der Waals surface area contributed by atoms with Crippen LogP contribution in [0.3, 0.4) is 0 Å². The number of carbonyl (C=O) groups is 1. The molecule has 5 nitrogen and oxygen atoms in total. The van der Waals surface area contributed by atoms with E-state index in [0.717, 1.165) is 63.1 Å². The summed E-state index contributed by atoms with van der Waals surface area (Å²) in [6.07, 6.45) is 5.06. The highest BCUT2D eigenvalue weighted by molar-refractivity contribution is 5.91. The first-order valence-corrected chi connectivity index (χ1v) is 10.0. The van der Waals surface area contributed by atoms with Crippen molar-refractivity contribution in [2.24, 2.45) is 0 Å². The number of likely N-dealkylation sites (tertiary alicyclic amines) is 2. The van der Waals surface area contributed by atoms with E-state index >= 15 is 0 Å². The minimum atomic E-state index is -0.816. The molecule has 7 heteroatoms. The van der Waals surface area contributed by atoms with Crippen LogP contribution in [0.4, 0.5) is 8.78 Å². The molecule has 1 amide bonds. The third kappa shape index (κ3) is 4.24. The molecular formula is C21H25F2N3O2. The van der Waals surface area contributed by atoms with E-state index in [1.807, 2.05) is 4.90 Å². The summed E-state index contributed by atoms with van der Waals surface area (Å²) in [6, 6.07) is 5.86. The summed E-state index contributed by atoms with van der Waals surface area (Å²) in [7, 11) is 0. The highest BCUT2D eigenvalue weighted by Gasteiger charge is 2.27. The van der Waals surface area contributed by atoms with E-state index in [2.05, 4.69) is 10.1 Å². The molecular weight excluding hydrogens is 364 g/mol. The van der Waals surface area contributed by atoms with Gasteiger partial charge in [0.2, 0.25) is 5.76 Å². The fourth-order valence-electron chi connectivity index (χ4n) is 4.12. The number of aromatic nitrogens is 1. The van der Waals surface area contributed by atoms with Gasteiger partial charge in [0.25, 0.3) is 5.91 Å². The van der Waals surface area contributed by atoms with Crippen molar-refractivity contribution >= 4 is 5.91 Å². The summed E-state index contributed by atoms with van der Waals surface area (Å²) in [6.45, 7) is 3.85. The molecule has 2 fully saturated rings. The van der Waals surface area contributed by atoms with Crippen LogP contribution in [-0.2, 0) is 6.54 Å². The molecule has 4 rings (SSSR count). The van der Waals surface area contributed by atoms with Gasteiger partial charge in [0, 0.05) is 31.6 Å². The largest absolute Gasteiger partial charge is 0.351 e. The van der Waals surface area contributed by atoms with Gasteiger partial charge in [-0.15, -0.1) is 0 Å². The van der Waals surface area contributed by atoms with Gasteiger partial charge in [-0.25, -0.2) is 8.78 Å². The van der Waals surface area contributed by atoms with Crippen LogP contribution in [0.2, 0.25) is 0 Å². The van der Waals surface area contributed by atoms with Crippen LogP contribution in [-0.4, -0.2) is 47.0 Å². The molecule has 2 aliphatic heterocycles. The third-order valence-electron chi connectivity index (χ3n) is 5.78. The second-order valence-electron chi connectivity index (χ2n) is 7.77. The van der Waals surface area contributed by atoms with Crippen molar-refractivity contribution < 1.29 is 18.1 Å². The van der Waals surface area contributed by atoms with Crippen molar-refractivity contribution in [3.05, 3.63) is 52.9 Å². The minimum Gasteiger partial charge on any atom is -0.351 e. The lowest BCUT2D eigenvalue weighted by Crippen LogP contribution is -2.35. The summed E-state index contributed by atoms with van der Waals surface area (Å²) in [5.41, 5.74) is 1.61. The molecule has 0 N–H and O–H groups in total. The quantitative estimate of drug-likeness (QED) is 0.794. The highest BCUT2D eigenvalue weighted by atomic mass is 19.2. The molecule has 0 bridgehead atoms. The maximum Gasteiger partial charge on any atom is 0.292 e. The van der Waals surface area contributed by atoms with Crippen LogP contribution in [0, 0.1) is 11.6 Å². The number of benzene rings is 1. The first kappa shape index (κ1) is 19.1. The number of nitrogens with zero attached hydrogens (tertiary/aromatic N) is 3. The molecule has 2 aromatic rings. The Morgan fingerprint density at radius 3 is 2.50 bits per heavy atom. The molecule has 0 unspecified atom stereocenters. The second-order valence-corrected chi connectivity index (χ2v) is 7.77. The van der Waals surface area contributed by atoms with E-state index in [1.165, 1.54) is 18.6 Å². The van der Waals surface area contributed by atoms with E-state index in [-0.39, 0.29) is 11.8 Å². The first-order valence-electron chi connectivity index (χ1n) is 10.0. The fourth-order valence-corrected chi connectivity index (χ4v) is 4.12. The van der Waals surface area contributed by atoms with Gasteiger partial charge in [-0.05, 0) is 62.9 Å². The standard InChI is InChI=1S/C21H25F2N3O2/c22-17-5-4-15(12-18(17)23)14-25-10-6-16(7-11-25)19-13-20(28-24-19)21(27)26-8-2-1-3-9-26/h4-5,12-13,16H,1-3,6-11,14H2. The van der Waals surface area contributed by atoms with Crippen molar-refractivity contribution in [3.63, 3.8) is 0 Å². The lowest BCUT2D eigenvalue weighted by Gasteiger charge is -2.31. The number of hydrogen-bond acceptors (Lipinski definition) is 4.